The molecule has 0 bridgehead atoms. The second-order valence-corrected chi connectivity index (χ2v) is 5.30. The van der Waals surface area contributed by atoms with E-state index in [0.29, 0.717) is 0 Å². The Labute approximate surface area is 115 Å². The lowest BCUT2D eigenvalue weighted by molar-refractivity contribution is -0.0406. The van der Waals surface area contributed by atoms with Gasteiger partial charge in [0.05, 0.1) is 24.3 Å². The lowest BCUT2D eigenvalue weighted by Crippen LogP contribution is -2.45. The van der Waals surface area contributed by atoms with Gasteiger partial charge in [-0.3, -0.25) is 4.90 Å². The van der Waals surface area contributed by atoms with E-state index >= 15 is 0 Å². The number of benzene rings is 1. The van der Waals surface area contributed by atoms with Crippen molar-refractivity contribution in [3.8, 4) is 6.07 Å². The van der Waals surface area contributed by atoms with Crippen LogP contribution in [0.25, 0.3) is 0 Å². The van der Waals surface area contributed by atoms with Gasteiger partial charge in [0.15, 0.2) is 0 Å². The molecule has 0 N–H and O–H groups in total. The van der Waals surface area contributed by atoms with Crippen LogP contribution in [0.4, 0.5) is 0 Å². The number of nitriles is 1. The Morgan fingerprint density at radius 3 is 3.05 bits per heavy atom. The first kappa shape index (κ1) is 14.0. The van der Waals surface area contributed by atoms with Crippen molar-refractivity contribution in [2.75, 3.05) is 40.3 Å². The Morgan fingerprint density at radius 2 is 2.32 bits per heavy atom. The highest BCUT2D eigenvalue weighted by molar-refractivity contribution is 5.32. The van der Waals surface area contributed by atoms with Crippen molar-refractivity contribution in [3.05, 3.63) is 35.4 Å². The quantitative estimate of drug-likeness (QED) is 0.817. The fraction of sp³-hybridized carbons (Fsp3) is 0.533. The Hall–Kier alpha value is -1.41. The first-order chi connectivity index (χ1) is 9.17. The molecule has 2 rings (SSSR count). The zero-order valence-corrected chi connectivity index (χ0v) is 11.7. The molecule has 1 saturated heterocycles. The van der Waals surface area contributed by atoms with Crippen LogP contribution in [0, 0.1) is 11.3 Å². The van der Waals surface area contributed by atoms with E-state index in [1.54, 1.807) is 0 Å². The molecular weight excluding hydrogens is 238 g/mol. The maximum absolute atomic E-state index is 8.92. The molecule has 0 aromatic heterocycles. The third-order valence-electron chi connectivity index (χ3n) is 3.25. The summed E-state index contributed by atoms with van der Waals surface area (Å²) in [5.74, 6) is 0. The molecule has 19 heavy (non-hydrogen) atoms. The first-order valence-corrected chi connectivity index (χ1v) is 6.65. The first-order valence-electron chi connectivity index (χ1n) is 6.65. The largest absolute Gasteiger partial charge is 0.374 e. The summed E-state index contributed by atoms with van der Waals surface area (Å²) in [6.07, 6.45) is 0.280. The predicted molar refractivity (Wildman–Crippen MR) is 74.7 cm³/mol. The van der Waals surface area contributed by atoms with Crippen LogP contribution in [0.15, 0.2) is 24.3 Å². The smallest absolute Gasteiger partial charge is 0.0991 e. The summed E-state index contributed by atoms with van der Waals surface area (Å²) in [7, 11) is 4.14. The van der Waals surface area contributed by atoms with Crippen molar-refractivity contribution < 1.29 is 4.74 Å². The van der Waals surface area contributed by atoms with E-state index in [-0.39, 0.29) is 6.10 Å². The second kappa shape index (κ2) is 6.67. The standard InChI is InChI=1S/C15H21N3O/c1-17(2)11-15-12-18(6-7-19-15)10-14-5-3-4-13(8-14)9-16/h3-5,8,15H,6-7,10-12H2,1-2H3. The van der Waals surface area contributed by atoms with Crippen LogP contribution in [0.3, 0.4) is 0 Å². The van der Waals surface area contributed by atoms with Gasteiger partial charge in [-0.25, -0.2) is 0 Å². The molecule has 1 aromatic carbocycles. The summed E-state index contributed by atoms with van der Waals surface area (Å²) in [4.78, 5) is 4.55. The molecule has 1 aromatic rings. The molecule has 1 fully saturated rings. The third kappa shape index (κ3) is 4.32. The number of hydrogen-bond donors (Lipinski definition) is 0. The topological polar surface area (TPSA) is 39.5 Å². The van der Waals surface area contributed by atoms with Gasteiger partial charge in [0, 0.05) is 26.2 Å². The maximum atomic E-state index is 8.92. The van der Waals surface area contributed by atoms with Gasteiger partial charge in [-0.1, -0.05) is 12.1 Å². The van der Waals surface area contributed by atoms with Gasteiger partial charge in [0.1, 0.15) is 0 Å². The Morgan fingerprint density at radius 1 is 1.47 bits per heavy atom. The maximum Gasteiger partial charge on any atom is 0.0991 e. The van der Waals surface area contributed by atoms with Gasteiger partial charge in [0.2, 0.25) is 0 Å². The highest BCUT2D eigenvalue weighted by Crippen LogP contribution is 2.12. The van der Waals surface area contributed by atoms with Gasteiger partial charge in [-0.15, -0.1) is 0 Å². The number of hydrogen-bond acceptors (Lipinski definition) is 4. The van der Waals surface area contributed by atoms with E-state index in [0.717, 1.165) is 38.3 Å². The van der Waals surface area contributed by atoms with E-state index < -0.39 is 0 Å². The molecule has 4 heteroatoms. The summed E-state index contributed by atoms with van der Waals surface area (Å²) < 4.78 is 5.77. The molecule has 0 spiro atoms. The summed E-state index contributed by atoms with van der Waals surface area (Å²) in [5, 5.41) is 8.92. The Bertz CT molecular complexity index is 453. The van der Waals surface area contributed by atoms with E-state index in [2.05, 4.69) is 36.0 Å². The molecule has 1 aliphatic rings. The monoisotopic (exact) mass is 259 g/mol. The molecule has 4 nitrogen and oxygen atoms in total. The molecule has 1 unspecified atom stereocenters. The second-order valence-electron chi connectivity index (χ2n) is 5.30. The van der Waals surface area contributed by atoms with Crippen LogP contribution in [-0.4, -0.2) is 56.2 Å². The summed E-state index contributed by atoms with van der Waals surface area (Å²) in [6, 6.07) is 10.0. The fourth-order valence-corrected chi connectivity index (χ4v) is 2.44. The SMILES string of the molecule is CN(C)CC1CN(Cc2cccc(C#N)c2)CCO1. The van der Waals surface area contributed by atoms with Gasteiger partial charge in [0.25, 0.3) is 0 Å². The summed E-state index contributed by atoms with van der Waals surface area (Å²) >= 11 is 0. The van der Waals surface area contributed by atoms with Gasteiger partial charge >= 0.3 is 0 Å². The minimum absolute atomic E-state index is 0.280. The van der Waals surface area contributed by atoms with Crippen LogP contribution in [0.1, 0.15) is 11.1 Å². The highest BCUT2D eigenvalue weighted by atomic mass is 16.5. The minimum Gasteiger partial charge on any atom is -0.374 e. The zero-order chi connectivity index (χ0) is 13.7. The Kier molecular flexibility index (Phi) is 4.92. The molecule has 1 atom stereocenters. The van der Waals surface area contributed by atoms with Gasteiger partial charge < -0.3 is 9.64 Å². The average molecular weight is 259 g/mol. The number of rotatable bonds is 4. The van der Waals surface area contributed by atoms with E-state index in [1.807, 2.05) is 18.2 Å². The van der Waals surface area contributed by atoms with Crippen LogP contribution < -0.4 is 0 Å². The molecule has 0 radical (unpaired) electrons. The van der Waals surface area contributed by atoms with Crippen molar-refractivity contribution in [1.29, 1.82) is 5.26 Å². The van der Waals surface area contributed by atoms with Gasteiger partial charge in [-0.2, -0.15) is 5.26 Å². The fourth-order valence-electron chi connectivity index (χ4n) is 2.44. The minimum atomic E-state index is 0.280. The average Bonchev–Trinajstić information content (AvgIpc) is 2.38. The van der Waals surface area contributed by atoms with E-state index in [9.17, 15) is 0 Å². The van der Waals surface area contributed by atoms with E-state index in [4.69, 9.17) is 10.00 Å². The molecule has 1 heterocycles. The molecule has 0 amide bonds. The van der Waals surface area contributed by atoms with Crippen molar-refractivity contribution in [1.82, 2.24) is 9.80 Å². The third-order valence-corrected chi connectivity index (χ3v) is 3.25. The lowest BCUT2D eigenvalue weighted by atomic mass is 10.1. The molecule has 0 saturated carbocycles. The van der Waals surface area contributed by atoms with Crippen molar-refractivity contribution in [2.24, 2.45) is 0 Å². The zero-order valence-electron chi connectivity index (χ0n) is 11.7. The number of ether oxygens (including phenoxy) is 1. The molecule has 1 aliphatic heterocycles. The number of nitrogens with zero attached hydrogens (tertiary/aromatic N) is 3. The lowest BCUT2D eigenvalue weighted by Gasteiger charge is -2.34. The van der Waals surface area contributed by atoms with Crippen molar-refractivity contribution in [2.45, 2.75) is 12.6 Å². The summed E-state index contributed by atoms with van der Waals surface area (Å²) in [5.41, 5.74) is 1.93. The van der Waals surface area contributed by atoms with Crippen molar-refractivity contribution >= 4 is 0 Å². The van der Waals surface area contributed by atoms with Crippen LogP contribution in [0.5, 0.6) is 0 Å². The van der Waals surface area contributed by atoms with Gasteiger partial charge in [-0.05, 0) is 31.8 Å². The molecule has 102 valence electrons. The van der Waals surface area contributed by atoms with E-state index in [1.165, 1.54) is 5.56 Å². The van der Waals surface area contributed by atoms with Crippen LogP contribution >= 0.6 is 0 Å². The number of morpholine rings is 1. The molecule has 0 aliphatic carbocycles. The Balaban J connectivity index is 1.93. The van der Waals surface area contributed by atoms with Crippen molar-refractivity contribution in [3.63, 3.8) is 0 Å². The summed E-state index contributed by atoms with van der Waals surface area (Å²) in [6.45, 7) is 4.55. The molecular formula is C15H21N3O. The van der Waals surface area contributed by atoms with Crippen LogP contribution in [-0.2, 0) is 11.3 Å². The predicted octanol–water partition coefficient (Wildman–Crippen LogP) is 1.32. The van der Waals surface area contributed by atoms with Crippen LogP contribution in [0.2, 0.25) is 0 Å². The highest BCUT2D eigenvalue weighted by Gasteiger charge is 2.20. The number of likely N-dealkylation sites (N-methyl/N-ethyl adjacent to an activating group) is 1. The normalized spacial score (nSPS) is 20.4.